The molecule has 2 rings (SSSR count). The molecule has 2 saturated carbocycles. The van der Waals surface area contributed by atoms with Crippen molar-refractivity contribution in [2.75, 3.05) is 0 Å². The average molecular weight is 250 g/mol. The Morgan fingerprint density at radius 3 is 1.39 bits per heavy atom. The van der Waals surface area contributed by atoms with Crippen LogP contribution in [0.15, 0.2) is 0 Å². The highest BCUT2D eigenvalue weighted by molar-refractivity contribution is 4.75. The van der Waals surface area contributed by atoms with Gasteiger partial charge in [0.05, 0.1) is 0 Å². The molecule has 0 bridgehead atoms. The van der Waals surface area contributed by atoms with Gasteiger partial charge in [0, 0.05) is 0 Å². The molecule has 18 heavy (non-hydrogen) atoms. The predicted molar refractivity (Wildman–Crippen MR) is 80.8 cm³/mol. The molecule has 0 aromatic rings. The van der Waals surface area contributed by atoms with E-state index in [9.17, 15) is 0 Å². The molecule has 0 N–H and O–H groups in total. The zero-order valence-electron chi connectivity index (χ0n) is 12.6. The highest BCUT2D eigenvalue weighted by atomic mass is 14.3. The molecule has 2 aliphatic rings. The van der Waals surface area contributed by atoms with E-state index in [2.05, 4.69) is 6.92 Å². The Bertz CT molecular complexity index is 190. The summed E-state index contributed by atoms with van der Waals surface area (Å²) in [4.78, 5) is 0. The van der Waals surface area contributed by atoms with Crippen LogP contribution in [0.25, 0.3) is 0 Å². The molecule has 0 nitrogen and oxygen atoms in total. The van der Waals surface area contributed by atoms with Crippen LogP contribution in [0.1, 0.15) is 96.8 Å². The van der Waals surface area contributed by atoms with E-state index >= 15 is 0 Å². The topological polar surface area (TPSA) is 0 Å². The predicted octanol–water partition coefficient (Wildman–Crippen LogP) is 6.34. The highest BCUT2D eigenvalue weighted by Crippen LogP contribution is 2.37. The van der Waals surface area contributed by atoms with Crippen molar-refractivity contribution in [3.8, 4) is 0 Å². The lowest BCUT2D eigenvalue weighted by molar-refractivity contribution is 0.207. The molecule has 0 unspecified atom stereocenters. The van der Waals surface area contributed by atoms with Gasteiger partial charge in [-0.25, -0.2) is 0 Å². The number of rotatable bonds is 2. The van der Waals surface area contributed by atoms with E-state index < -0.39 is 0 Å². The van der Waals surface area contributed by atoms with Gasteiger partial charge in [-0.05, 0) is 17.8 Å². The Kier molecular flexibility index (Phi) is 6.59. The molecule has 0 spiro atoms. The van der Waals surface area contributed by atoms with E-state index in [1.165, 1.54) is 64.2 Å². The number of hydrogen-bond acceptors (Lipinski definition) is 0. The Balaban J connectivity index is 1.78. The maximum atomic E-state index is 2.39. The minimum atomic E-state index is 1.05. The first-order valence-electron chi connectivity index (χ1n) is 8.90. The van der Waals surface area contributed by atoms with Crippen molar-refractivity contribution in [3.63, 3.8) is 0 Å². The average Bonchev–Trinajstić information content (AvgIpc) is 2.45. The van der Waals surface area contributed by atoms with Crippen LogP contribution in [0.5, 0.6) is 0 Å². The molecule has 0 radical (unpaired) electrons. The molecule has 0 heterocycles. The lowest BCUT2D eigenvalue weighted by Gasteiger charge is -2.31. The van der Waals surface area contributed by atoms with Gasteiger partial charge < -0.3 is 0 Å². The third kappa shape index (κ3) is 4.59. The first-order chi connectivity index (χ1) is 8.90. The molecule has 0 atom stereocenters. The molecule has 0 aliphatic heterocycles. The van der Waals surface area contributed by atoms with Crippen LogP contribution in [0.4, 0.5) is 0 Å². The zero-order valence-corrected chi connectivity index (χ0v) is 12.6. The summed E-state index contributed by atoms with van der Waals surface area (Å²) < 4.78 is 0. The fourth-order valence-electron chi connectivity index (χ4n) is 4.45. The monoisotopic (exact) mass is 250 g/mol. The van der Waals surface area contributed by atoms with Crippen molar-refractivity contribution in [1.29, 1.82) is 0 Å². The van der Waals surface area contributed by atoms with Gasteiger partial charge >= 0.3 is 0 Å². The summed E-state index contributed by atoms with van der Waals surface area (Å²) in [5.41, 5.74) is 0. The van der Waals surface area contributed by atoms with E-state index in [0.29, 0.717) is 0 Å². The first kappa shape index (κ1) is 14.4. The van der Waals surface area contributed by atoms with Gasteiger partial charge in [-0.2, -0.15) is 0 Å². The van der Waals surface area contributed by atoms with Gasteiger partial charge in [-0.1, -0.05) is 96.8 Å². The Labute approximate surface area is 115 Å². The number of hydrogen-bond donors (Lipinski definition) is 0. The van der Waals surface area contributed by atoms with Crippen LogP contribution < -0.4 is 0 Å². The fourth-order valence-corrected chi connectivity index (χ4v) is 4.45. The summed E-state index contributed by atoms with van der Waals surface area (Å²) in [5, 5.41) is 0. The van der Waals surface area contributed by atoms with Gasteiger partial charge in [-0.15, -0.1) is 0 Å². The zero-order chi connectivity index (χ0) is 12.6. The summed E-state index contributed by atoms with van der Waals surface area (Å²) >= 11 is 0. The first-order valence-corrected chi connectivity index (χ1v) is 8.90. The molecule has 0 aromatic heterocycles. The third-order valence-electron chi connectivity index (χ3n) is 5.77. The summed E-state index contributed by atoms with van der Waals surface area (Å²) in [6, 6.07) is 0. The largest absolute Gasteiger partial charge is 0.0651 e. The van der Waals surface area contributed by atoms with Crippen LogP contribution in [-0.4, -0.2) is 0 Å². The van der Waals surface area contributed by atoms with E-state index in [1.807, 2.05) is 0 Å². The second-order valence-electron chi connectivity index (χ2n) is 7.00. The van der Waals surface area contributed by atoms with Crippen LogP contribution in [0.2, 0.25) is 0 Å². The second kappa shape index (κ2) is 8.23. The lowest BCUT2D eigenvalue weighted by atomic mass is 9.75. The van der Waals surface area contributed by atoms with Gasteiger partial charge in [-0.3, -0.25) is 0 Å². The molecule has 106 valence electrons. The Hall–Kier alpha value is 0. The standard InChI is InChI=1S/C18H34/c1-2-16-10-6-8-14-18(15-9-7-11-16)17-12-4-3-5-13-17/h16-18H,2-15H2,1H3. The van der Waals surface area contributed by atoms with Crippen molar-refractivity contribution in [2.45, 2.75) is 96.8 Å². The summed E-state index contributed by atoms with van der Waals surface area (Å²) in [5.74, 6) is 3.26. The summed E-state index contributed by atoms with van der Waals surface area (Å²) in [7, 11) is 0. The van der Waals surface area contributed by atoms with Crippen LogP contribution in [-0.2, 0) is 0 Å². The molecule has 2 fully saturated rings. The van der Waals surface area contributed by atoms with E-state index in [4.69, 9.17) is 0 Å². The molecule has 0 amide bonds. The molecule has 0 heteroatoms. The van der Waals surface area contributed by atoms with Crippen molar-refractivity contribution >= 4 is 0 Å². The van der Waals surface area contributed by atoms with Gasteiger partial charge in [0.25, 0.3) is 0 Å². The van der Waals surface area contributed by atoms with Crippen LogP contribution in [0.3, 0.4) is 0 Å². The SMILES string of the molecule is CCC1CCCCC(C2CCCCC2)CCCC1. The fraction of sp³-hybridized carbons (Fsp3) is 1.00. The molecule has 0 aromatic carbocycles. The van der Waals surface area contributed by atoms with E-state index in [-0.39, 0.29) is 0 Å². The van der Waals surface area contributed by atoms with Crippen molar-refractivity contribution in [1.82, 2.24) is 0 Å². The van der Waals surface area contributed by atoms with Crippen LogP contribution in [0, 0.1) is 17.8 Å². The summed E-state index contributed by atoms with van der Waals surface area (Å²) in [6.45, 7) is 2.39. The van der Waals surface area contributed by atoms with Crippen molar-refractivity contribution < 1.29 is 0 Å². The van der Waals surface area contributed by atoms with Gasteiger partial charge in [0.15, 0.2) is 0 Å². The Morgan fingerprint density at radius 2 is 0.944 bits per heavy atom. The van der Waals surface area contributed by atoms with Crippen molar-refractivity contribution in [2.24, 2.45) is 17.8 Å². The van der Waals surface area contributed by atoms with E-state index in [1.54, 1.807) is 25.7 Å². The maximum absolute atomic E-state index is 2.39. The minimum Gasteiger partial charge on any atom is -0.0651 e. The normalized spacial score (nSPS) is 33.2. The van der Waals surface area contributed by atoms with Crippen LogP contribution >= 0.6 is 0 Å². The molecule has 2 aliphatic carbocycles. The molecular formula is C18H34. The molecular weight excluding hydrogens is 216 g/mol. The third-order valence-corrected chi connectivity index (χ3v) is 5.77. The van der Waals surface area contributed by atoms with Crippen molar-refractivity contribution in [3.05, 3.63) is 0 Å². The quantitative estimate of drug-likeness (QED) is 0.536. The van der Waals surface area contributed by atoms with E-state index in [0.717, 1.165) is 17.8 Å². The summed E-state index contributed by atoms with van der Waals surface area (Å²) in [6.07, 6.45) is 21.3. The highest BCUT2D eigenvalue weighted by Gasteiger charge is 2.23. The van der Waals surface area contributed by atoms with Gasteiger partial charge in [0.1, 0.15) is 0 Å². The second-order valence-corrected chi connectivity index (χ2v) is 7.00. The maximum Gasteiger partial charge on any atom is -0.0386 e. The lowest BCUT2D eigenvalue weighted by Crippen LogP contribution is -2.19. The minimum absolute atomic E-state index is 1.05. The Morgan fingerprint density at radius 1 is 0.556 bits per heavy atom. The molecule has 0 saturated heterocycles. The van der Waals surface area contributed by atoms with Gasteiger partial charge in [0.2, 0.25) is 0 Å². The smallest absolute Gasteiger partial charge is 0.0386 e.